The number of hydrogen-bond acceptors (Lipinski definition) is 2. The topological polar surface area (TPSA) is 29.5 Å². The zero-order valence-electron chi connectivity index (χ0n) is 15.2. The molecule has 1 N–H and O–H groups in total. The van der Waals surface area contributed by atoms with Crippen LogP contribution in [-0.2, 0) is 11.2 Å². The Morgan fingerprint density at radius 1 is 1.12 bits per heavy atom. The van der Waals surface area contributed by atoms with Gasteiger partial charge in [0, 0.05) is 5.41 Å². The Bertz CT molecular complexity index is 647. The number of aliphatic hydroxyl groups excluding tert-OH is 1. The van der Waals surface area contributed by atoms with E-state index in [2.05, 4.69) is 57.2 Å². The highest BCUT2D eigenvalue weighted by atomic mass is 16.5. The number of fused-ring (bicyclic) bond motifs is 1. The molecule has 130 valence electrons. The van der Waals surface area contributed by atoms with Gasteiger partial charge in [-0.25, -0.2) is 0 Å². The second-order valence-electron chi connectivity index (χ2n) is 9.04. The highest BCUT2D eigenvalue weighted by Gasteiger charge is 2.65. The summed E-state index contributed by atoms with van der Waals surface area (Å²) in [5, 5.41) is 10.2. The van der Waals surface area contributed by atoms with Crippen LogP contribution in [0, 0.1) is 17.3 Å². The lowest BCUT2D eigenvalue weighted by atomic mass is 9.53. The Labute approximate surface area is 145 Å². The summed E-state index contributed by atoms with van der Waals surface area (Å²) in [6.07, 6.45) is 8.11. The van der Waals surface area contributed by atoms with Gasteiger partial charge in [-0.1, -0.05) is 43.3 Å². The van der Waals surface area contributed by atoms with Gasteiger partial charge in [0.2, 0.25) is 0 Å². The molecule has 1 aromatic rings. The van der Waals surface area contributed by atoms with Crippen LogP contribution >= 0.6 is 0 Å². The molecule has 1 heterocycles. The summed E-state index contributed by atoms with van der Waals surface area (Å²) in [7, 11) is 0. The zero-order valence-corrected chi connectivity index (χ0v) is 15.2. The van der Waals surface area contributed by atoms with E-state index in [0.29, 0.717) is 11.8 Å². The molecular formula is C22H30O2. The molecule has 3 unspecified atom stereocenters. The fraction of sp³-hybridized carbons (Fsp3) is 0.636. The molecule has 1 saturated heterocycles. The summed E-state index contributed by atoms with van der Waals surface area (Å²) in [6.45, 7) is 7.02. The summed E-state index contributed by atoms with van der Waals surface area (Å²) < 4.78 is 6.74. The van der Waals surface area contributed by atoms with E-state index in [1.807, 2.05) is 0 Å². The van der Waals surface area contributed by atoms with Crippen molar-refractivity contribution in [3.8, 4) is 0 Å². The SMILES string of the molecule is CC1(C)OC23CC1CC[C@]2(C)CC(Cc1ccccc1)C=C3CO. The van der Waals surface area contributed by atoms with Crippen molar-refractivity contribution in [1.29, 1.82) is 0 Å². The maximum absolute atomic E-state index is 10.2. The van der Waals surface area contributed by atoms with Crippen LogP contribution < -0.4 is 0 Å². The van der Waals surface area contributed by atoms with Crippen LogP contribution in [0.25, 0.3) is 0 Å². The summed E-state index contributed by atoms with van der Waals surface area (Å²) in [4.78, 5) is 0. The first-order valence-corrected chi connectivity index (χ1v) is 9.45. The molecule has 1 aliphatic heterocycles. The summed E-state index contributed by atoms with van der Waals surface area (Å²) >= 11 is 0. The van der Waals surface area contributed by atoms with E-state index < -0.39 is 0 Å². The second kappa shape index (κ2) is 5.44. The largest absolute Gasteiger partial charge is 0.392 e. The Morgan fingerprint density at radius 3 is 2.58 bits per heavy atom. The normalized spacial score (nSPS) is 40.1. The van der Waals surface area contributed by atoms with Gasteiger partial charge in [-0.15, -0.1) is 0 Å². The van der Waals surface area contributed by atoms with Gasteiger partial charge in [0.15, 0.2) is 0 Å². The van der Waals surface area contributed by atoms with Crippen LogP contribution in [0.2, 0.25) is 0 Å². The second-order valence-corrected chi connectivity index (χ2v) is 9.04. The van der Waals surface area contributed by atoms with Gasteiger partial charge in [0.1, 0.15) is 0 Å². The fourth-order valence-electron chi connectivity index (χ4n) is 5.82. The highest BCUT2D eigenvalue weighted by molar-refractivity contribution is 5.33. The third-order valence-corrected chi connectivity index (χ3v) is 7.15. The number of allylic oxidation sites excluding steroid dienone is 1. The molecule has 3 aliphatic rings. The van der Waals surface area contributed by atoms with Crippen molar-refractivity contribution in [1.82, 2.24) is 0 Å². The number of benzene rings is 1. The molecule has 2 heteroatoms. The van der Waals surface area contributed by atoms with Crippen LogP contribution in [0.5, 0.6) is 0 Å². The molecule has 24 heavy (non-hydrogen) atoms. The molecular weight excluding hydrogens is 296 g/mol. The predicted octanol–water partition coefficient (Wildman–Crippen LogP) is 4.52. The lowest BCUT2D eigenvalue weighted by Gasteiger charge is -2.53. The Balaban J connectivity index is 1.70. The van der Waals surface area contributed by atoms with Crippen molar-refractivity contribution in [2.24, 2.45) is 17.3 Å². The first kappa shape index (κ1) is 16.4. The number of rotatable bonds is 3. The maximum Gasteiger partial charge on any atom is 0.0978 e. The van der Waals surface area contributed by atoms with E-state index in [-0.39, 0.29) is 23.2 Å². The Hall–Kier alpha value is -1.12. The van der Waals surface area contributed by atoms with Gasteiger partial charge in [-0.05, 0) is 68.9 Å². The van der Waals surface area contributed by atoms with Crippen LogP contribution in [0.3, 0.4) is 0 Å². The first-order chi connectivity index (χ1) is 11.4. The molecule has 4 rings (SSSR count). The van der Waals surface area contributed by atoms with Gasteiger partial charge in [-0.2, -0.15) is 0 Å². The molecule has 1 saturated carbocycles. The Kier molecular flexibility index (Phi) is 3.71. The molecule has 2 aliphatic carbocycles. The molecule has 0 amide bonds. The van der Waals surface area contributed by atoms with Crippen LogP contribution in [0.1, 0.15) is 52.0 Å². The summed E-state index contributed by atoms with van der Waals surface area (Å²) in [5.41, 5.74) is 2.37. The lowest BCUT2D eigenvalue weighted by molar-refractivity contribution is -0.138. The molecule has 0 radical (unpaired) electrons. The zero-order chi connectivity index (χ0) is 17.0. The van der Waals surface area contributed by atoms with E-state index in [1.165, 1.54) is 18.4 Å². The fourth-order valence-corrected chi connectivity index (χ4v) is 5.82. The molecule has 2 bridgehead atoms. The molecule has 4 atom stereocenters. The van der Waals surface area contributed by atoms with Crippen molar-refractivity contribution in [3.05, 3.63) is 47.5 Å². The molecule has 1 spiro atoms. The van der Waals surface area contributed by atoms with Crippen LogP contribution in [0.15, 0.2) is 42.0 Å². The van der Waals surface area contributed by atoms with Gasteiger partial charge < -0.3 is 9.84 Å². The number of aliphatic hydroxyl groups is 1. The van der Waals surface area contributed by atoms with E-state index in [4.69, 9.17) is 4.74 Å². The van der Waals surface area contributed by atoms with Gasteiger partial charge in [0.05, 0.1) is 17.8 Å². The standard InChI is InChI=1S/C22H30O2/c1-20(2)18-9-10-21(3)13-17(11-16-7-5-4-6-8-16)12-19(15-23)22(21,14-18)24-20/h4-8,12,17-18,23H,9-11,13-15H2,1-3H3/t17?,18?,21-,22?/m1/s1. The first-order valence-electron chi connectivity index (χ1n) is 9.45. The highest BCUT2D eigenvalue weighted by Crippen LogP contribution is 2.65. The molecule has 0 aromatic heterocycles. The third kappa shape index (κ3) is 2.30. The lowest BCUT2D eigenvalue weighted by Crippen LogP contribution is -2.54. The van der Waals surface area contributed by atoms with Crippen molar-refractivity contribution < 1.29 is 9.84 Å². The maximum atomic E-state index is 10.2. The number of hydrogen-bond donors (Lipinski definition) is 1. The molecule has 1 aromatic carbocycles. The predicted molar refractivity (Wildman–Crippen MR) is 96.8 cm³/mol. The minimum absolute atomic E-state index is 0.0711. The Morgan fingerprint density at radius 2 is 1.88 bits per heavy atom. The van der Waals surface area contributed by atoms with Crippen molar-refractivity contribution in [2.45, 2.75) is 64.1 Å². The van der Waals surface area contributed by atoms with Crippen molar-refractivity contribution in [3.63, 3.8) is 0 Å². The average molecular weight is 326 g/mol. The smallest absolute Gasteiger partial charge is 0.0978 e. The van der Waals surface area contributed by atoms with E-state index >= 15 is 0 Å². The van der Waals surface area contributed by atoms with Crippen molar-refractivity contribution >= 4 is 0 Å². The summed E-state index contributed by atoms with van der Waals surface area (Å²) in [6, 6.07) is 10.7. The van der Waals surface area contributed by atoms with Crippen molar-refractivity contribution in [2.75, 3.05) is 6.61 Å². The van der Waals surface area contributed by atoms with E-state index in [9.17, 15) is 5.11 Å². The third-order valence-electron chi connectivity index (χ3n) is 7.15. The van der Waals surface area contributed by atoms with Crippen LogP contribution in [0.4, 0.5) is 0 Å². The quantitative estimate of drug-likeness (QED) is 0.828. The average Bonchev–Trinajstić information content (AvgIpc) is 2.78. The van der Waals surface area contributed by atoms with Gasteiger partial charge >= 0.3 is 0 Å². The number of ether oxygens (including phenoxy) is 1. The minimum atomic E-state index is -0.235. The van der Waals surface area contributed by atoms with E-state index in [0.717, 1.165) is 24.8 Å². The van der Waals surface area contributed by atoms with Gasteiger partial charge in [0.25, 0.3) is 0 Å². The molecule has 2 nitrogen and oxygen atoms in total. The van der Waals surface area contributed by atoms with Crippen LogP contribution in [-0.4, -0.2) is 22.9 Å². The van der Waals surface area contributed by atoms with Gasteiger partial charge in [-0.3, -0.25) is 0 Å². The summed E-state index contributed by atoms with van der Waals surface area (Å²) in [5.74, 6) is 1.11. The monoisotopic (exact) mass is 326 g/mol. The molecule has 2 fully saturated rings. The minimum Gasteiger partial charge on any atom is -0.392 e. The van der Waals surface area contributed by atoms with E-state index in [1.54, 1.807) is 0 Å².